The summed E-state index contributed by atoms with van der Waals surface area (Å²) < 4.78 is 8.90. The lowest BCUT2D eigenvalue weighted by molar-refractivity contribution is 0.485. The summed E-state index contributed by atoms with van der Waals surface area (Å²) in [5, 5.41) is 17.7. The van der Waals surface area contributed by atoms with E-state index in [1.807, 2.05) is 59.0 Å². The Labute approximate surface area is 162 Å². The summed E-state index contributed by atoms with van der Waals surface area (Å²) in [6, 6.07) is 16.9. The third kappa shape index (κ3) is 2.67. The molecule has 0 fully saturated rings. The zero-order chi connectivity index (χ0) is 19.1. The molecule has 5 rings (SSSR count). The Morgan fingerprint density at radius 3 is 2.54 bits per heavy atom. The number of aryl methyl sites for hydroxylation is 1. The minimum Gasteiger partial charge on any atom is -0.425 e. The van der Waals surface area contributed by atoms with Crippen molar-refractivity contribution in [1.82, 2.24) is 29.4 Å². The van der Waals surface area contributed by atoms with Crippen LogP contribution in [-0.4, -0.2) is 29.4 Å². The van der Waals surface area contributed by atoms with Gasteiger partial charge >= 0.3 is 0 Å². The highest BCUT2D eigenvalue weighted by molar-refractivity contribution is 7.98. The van der Waals surface area contributed by atoms with Crippen molar-refractivity contribution in [3.8, 4) is 5.69 Å². The summed E-state index contributed by atoms with van der Waals surface area (Å²) in [4.78, 5) is 13.2. The standard InChI is InChI=1S/C19H14N6O2S/c1-12-20-21-16(27-12)11-28-19-23-22-18-24(13-7-3-2-4-8-13)17(26)14-9-5-6-10-15(14)25(18)19/h2-10H,11H2,1H3. The van der Waals surface area contributed by atoms with Crippen LogP contribution in [0.2, 0.25) is 0 Å². The van der Waals surface area contributed by atoms with Crippen molar-refractivity contribution in [2.24, 2.45) is 0 Å². The second-order valence-corrected chi connectivity index (χ2v) is 7.06. The second-order valence-electron chi connectivity index (χ2n) is 6.11. The normalized spacial score (nSPS) is 11.5. The third-order valence-electron chi connectivity index (χ3n) is 4.30. The molecule has 5 aromatic rings. The molecule has 8 nitrogen and oxygen atoms in total. The van der Waals surface area contributed by atoms with Gasteiger partial charge in [-0.1, -0.05) is 42.1 Å². The minimum atomic E-state index is -0.134. The number of hydrogen-bond donors (Lipinski definition) is 0. The maximum Gasteiger partial charge on any atom is 0.267 e. The maximum atomic E-state index is 13.2. The topological polar surface area (TPSA) is 91.1 Å². The van der Waals surface area contributed by atoms with Crippen molar-refractivity contribution in [3.05, 3.63) is 76.7 Å². The molecule has 0 aliphatic heterocycles. The van der Waals surface area contributed by atoms with Crippen molar-refractivity contribution in [1.29, 1.82) is 0 Å². The highest BCUT2D eigenvalue weighted by Gasteiger charge is 2.18. The van der Waals surface area contributed by atoms with Crippen molar-refractivity contribution < 1.29 is 4.42 Å². The van der Waals surface area contributed by atoms with Gasteiger partial charge in [-0.05, 0) is 24.3 Å². The molecule has 0 atom stereocenters. The molecule has 9 heteroatoms. The van der Waals surface area contributed by atoms with Gasteiger partial charge in [-0.2, -0.15) is 0 Å². The van der Waals surface area contributed by atoms with Crippen LogP contribution < -0.4 is 5.56 Å². The van der Waals surface area contributed by atoms with Gasteiger partial charge in [-0.25, -0.2) is 4.57 Å². The van der Waals surface area contributed by atoms with Crippen LogP contribution in [0.25, 0.3) is 22.4 Å². The van der Waals surface area contributed by atoms with Crippen LogP contribution in [-0.2, 0) is 5.75 Å². The quantitative estimate of drug-likeness (QED) is 0.436. The molecule has 28 heavy (non-hydrogen) atoms. The van der Waals surface area contributed by atoms with Gasteiger partial charge < -0.3 is 4.42 Å². The van der Waals surface area contributed by atoms with Crippen LogP contribution in [0.3, 0.4) is 0 Å². The lowest BCUT2D eigenvalue weighted by Crippen LogP contribution is -2.21. The van der Waals surface area contributed by atoms with Gasteiger partial charge in [-0.3, -0.25) is 9.20 Å². The highest BCUT2D eigenvalue weighted by atomic mass is 32.2. The Morgan fingerprint density at radius 1 is 0.964 bits per heavy atom. The van der Waals surface area contributed by atoms with Gasteiger partial charge in [0.25, 0.3) is 5.56 Å². The summed E-state index contributed by atoms with van der Waals surface area (Å²) in [5.41, 5.74) is 1.36. The molecule has 3 aromatic heterocycles. The number of benzene rings is 2. The fourth-order valence-electron chi connectivity index (χ4n) is 3.10. The van der Waals surface area contributed by atoms with Crippen LogP contribution in [0.15, 0.2) is 69.0 Å². The average Bonchev–Trinajstić information content (AvgIpc) is 3.33. The lowest BCUT2D eigenvalue weighted by atomic mass is 10.2. The van der Waals surface area contributed by atoms with E-state index in [9.17, 15) is 4.79 Å². The Kier molecular flexibility index (Phi) is 3.94. The third-order valence-corrected chi connectivity index (χ3v) is 5.22. The minimum absolute atomic E-state index is 0.134. The van der Waals surface area contributed by atoms with Crippen LogP contribution in [0.4, 0.5) is 0 Å². The molecule has 0 N–H and O–H groups in total. The Bertz CT molecular complexity index is 1360. The molecule has 138 valence electrons. The molecule has 0 aliphatic carbocycles. The largest absolute Gasteiger partial charge is 0.425 e. The first-order chi connectivity index (χ1) is 13.7. The molecule has 0 bridgehead atoms. The zero-order valence-electron chi connectivity index (χ0n) is 14.8. The van der Waals surface area contributed by atoms with Crippen molar-refractivity contribution in [2.45, 2.75) is 17.8 Å². The molecule has 0 spiro atoms. The highest BCUT2D eigenvalue weighted by Crippen LogP contribution is 2.25. The van der Waals surface area contributed by atoms with Crippen LogP contribution in [0.5, 0.6) is 0 Å². The van der Waals surface area contributed by atoms with E-state index in [4.69, 9.17) is 4.42 Å². The first-order valence-electron chi connectivity index (χ1n) is 8.58. The summed E-state index contributed by atoms with van der Waals surface area (Å²) in [6.07, 6.45) is 0. The molecule has 3 heterocycles. The van der Waals surface area contributed by atoms with E-state index in [0.29, 0.717) is 33.9 Å². The van der Waals surface area contributed by atoms with Crippen LogP contribution in [0, 0.1) is 6.92 Å². The number of fused-ring (bicyclic) bond motifs is 3. The number of para-hydroxylation sites is 2. The van der Waals surface area contributed by atoms with Crippen LogP contribution >= 0.6 is 11.8 Å². The number of thioether (sulfide) groups is 1. The SMILES string of the molecule is Cc1nnc(CSc2nnc3n(-c4ccccc4)c(=O)c4ccccc4n23)o1. The van der Waals surface area contributed by atoms with Gasteiger partial charge in [0.05, 0.1) is 22.3 Å². The number of rotatable bonds is 4. The fraction of sp³-hybridized carbons (Fsp3) is 0.105. The van der Waals surface area contributed by atoms with Crippen molar-refractivity contribution in [2.75, 3.05) is 0 Å². The predicted molar refractivity (Wildman–Crippen MR) is 105 cm³/mol. The molecule has 0 saturated heterocycles. The van der Waals surface area contributed by atoms with Gasteiger partial charge in [0.2, 0.25) is 17.6 Å². The maximum absolute atomic E-state index is 13.2. The number of aromatic nitrogens is 6. The fourth-order valence-corrected chi connectivity index (χ4v) is 3.88. The summed E-state index contributed by atoms with van der Waals surface area (Å²) in [6.45, 7) is 1.75. The lowest BCUT2D eigenvalue weighted by Gasteiger charge is -2.11. The van der Waals surface area contributed by atoms with Gasteiger partial charge in [0, 0.05) is 6.92 Å². The van der Waals surface area contributed by atoms with E-state index in [-0.39, 0.29) is 5.56 Å². The van der Waals surface area contributed by atoms with E-state index in [1.54, 1.807) is 11.5 Å². The van der Waals surface area contributed by atoms with Crippen molar-refractivity contribution >= 4 is 28.4 Å². The second kappa shape index (κ2) is 6.61. The summed E-state index contributed by atoms with van der Waals surface area (Å²) in [5.74, 6) is 1.95. The van der Waals surface area contributed by atoms with Crippen LogP contribution in [0.1, 0.15) is 11.8 Å². The first kappa shape index (κ1) is 16.7. The average molecular weight is 390 g/mol. The summed E-state index contributed by atoms with van der Waals surface area (Å²) >= 11 is 1.43. The van der Waals surface area contributed by atoms with Gasteiger partial charge in [-0.15, -0.1) is 20.4 Å². The van der Waals surface area contributed by atoms with E-state index in [0.717, 1.165) is 11.2 Å². The number of nitrogens with zero attached hydrogens (tertiary/aromatic N) is 6. The molecule has 0 amide bonds. The van der Waals surface area contributed by atoms with E-state index >= 15 is 0 Å². The molecular weight excluding hydrogens is 376 g/mol. The molecule has 0 radical (unpaired) electrons. The van der Waals surface area contributed by atoms with Crippen molar-refractivity contribution in [3.63, 3.8) is 0 Å². The predicted octanol–water partition coefficient (Wildman–Crippen LogP) is 3.02. The zero-order valence-corrected chi connectivity index (χ0v) is 15.6. The molecule has 0 aliphatic rings. The molecule has 0 saturated carbocycles. The first-order valence-corrected chi connectivity index (χ1v) is 9.57. The van der Waals surface area contributed by atoms with Gasteiger partial charge in [0.15, 0.2) is 5.16 Å². The molecule has 0 unspecified atom stereocenters. The Hall–Kier alpha value is -3.46. The smallest absolute Gasteiger partial charge is 0.267 e. The summed E-state index contributed by atoms with van der Waals surface area (Å²) in [7, 11) is 0. The Balaban J connectivity index is 1.74. The monoisotopic (exact) mass is 390 g/mol. The molecule has 2 aromatic carbocycles. The van der Waals surface area contributed by atoms with E-state index in [1.165, 1.54) is 11.8 Å². The van der Waals surface area contributed by atoms with E-state index < -0.39 is 0 Å². The number of hydrogen-bond acceptors (Lipinski definition) is 7. The van der Waals surface area contributed by atoms with Gasteiger partial charge in [0.1, 0.15) is 0 Å². The molecular formula is C19H14N6O2S. The Morgan fingerprint density at radius 2 is 1.75 bits per heavy atom. The van der Waals surface area contributed by atoms with E-state index in [2.05, 4.69) is 20.4 Å².